The summed E-state index contributed by atoms with van der Waals surface area (Å²) in [6, 6.07) is 9.20. The van der Waals surface area contributed by atoms with Crippen LogP contribution in [0.4, 0.5) is 19.0 Å². The van der Waals surface area contributed by atoms with E-state index in [1.54, 1.807) is 12.1 Å². The Morgan fingerprint density at radius 2 is 2.00 bits per heavy atom. The van der Waals surface area contributed by atoms with Crippen LogP contribution in [-0.4, -0.2) is 75.9 Å². The molecule has 4 fully saturated rings. The zero-order valence-corrected chi connectivity index (χ0v) is 25.5. The maximum absolute atomic E-state index is 17.2. The van der Waals surface area contributed by atoms with Gasteiger partial charge in [-0.05, 0) is 49.6 Å². The molecule has 4 bridgehead atoms. The van der Waals surface area contributed by atoms with E-state index in [-0.39, 0.29) is 53.4 Å². The van der Waals surface area contributed by atoms with Crippen molar-refractivity contribution in [2.75, 3.05) is 31.1 Å². The molecule has 6 aliphatic rings. The molecule has 1 N–H and O–H groups in total. The minimum absolute atomic E-state index is 0.000441. The number of alkyl halides is 1. The first-order valence-corrected chi connectivity index (χ1v) is 16.6. The lowest BCUT2D eigenvalue weighted by Crippen LogP contribution is -2.60. The summed E-state index contributed by atoms with van der Waals surface area (Å²) in [5.41, 5.74) is 1.23. The highest BCUT2D eigenvalue weighted by molar-refractivity contribution is 6.03. The molecule has 7 nitrogen and oxygen atoms in total. The third kappa shape index (κ3) is 3.67. The van der Waals surface area contributed by atoms with E-state index in [4.69, 9.17) is 19.7 Å². The van der Waals surface area contributed by atoms with Crippen molar-refractivity contribution in [2.45, 2.75) is 74.8 Å². The number of fused-ring (bicyclic) bond motifs is 8. The van der Waals surface area contributed by atoms with Crippen molar-refractivity contribution in [3.8, 4) is 29.1 Å². The van der Waals surface area contributed by atoms with Gasteiger partial charge in [0.05, 0.1) is 28.1 Å². The van der Waals surface area contributed by atoms with Gasteiger partial charge in [-0.2, -0.15) is 9.97 Å². The number of halogens is 3. The van der Waals surface area contributed by atoms with Crippen molar-refractivity contribution in [3.05, 3.63) is 53.2 Å². The Morgan fingerprint density at radius 1 is 1.09 bits per heavy atom. The van der Waals surface area contributed by atoms with Gasteiger partial charge in [-0.15, -0.1) is 0 Å². The van der Waals surface area contributed by atoms with E-state index in [2.05, 4.69) is 33.9 Å². The Labute approximate surface area is 264 Å². The van der Waals surface area contributed by atoms with E-state index in [1.165, 1.54) is 6.07 Å². The summed E-state index contributed by atoms with van der Waals surface area (Å²) >= 11 is 0. The quantitative estimate of drug-likeness (QED) is 0.304. The number of benzene rings is 2. The van der Waals surface area contributed by atoms with Gasteiger partial charge in [-0.1, -0.05) is 43.0 Å². The molecule has 234 valence electrons. The first kappa shape index (κ1) is 27.2. The molecule has 0 unspecified atom stereocenters. The van der Waals surface area contributed by atoms with Crippen LogP contribution in [0.3, 0.4) is 0 Å². The first-order chi connectivity index (χ1) is 22.4. The molecule has 2 aromatic carbocycles. The number of ether oxygens (including phenoxy) is 1. The molecule has 0 aliphatic carbocycles. The maximum atomic E-state index is 17.2. The summed E-state index contributed by atoms with van der Waals surface area (Å²) < 4.78 is 53.7. The first-order valence-electron chi connectivity index (χ1n) is 16.6. The smallest absolute Gasteiger partial charge is 0.319 e. The molecule has 46 heavy (non-hydrogen) atoms. The van der Waals surface area contributed by atoms with Gasteiger partial charge >= 0.3 is 6.01 Å². The van der Waals surface area contributed by atoms with Gasteiger partial charge in [0.25, 0.3) is 0 Å². The largest absolute Gasteiger partial charge is 0.461 e. The molecule has 6 aliphatic heterocycles. The monoisotopic (exact) mass is 622 g/mol. The van der Waals surface area contributed by atoms with Crippen LogP contribution in [0.1, 0.15) is 56.2 Å². The molecule has 4 aromatic rings. The van der Waals surface area contributed by atoms with Crippen LogP contribution < -0.4 is 15.0 Å². The predicted octanol–water partition coefficient (Wildman–Crippen LogP) is 5.49. The second-order valence-electron chi connectivity index (χ2n) is 14.2. The van der Waals surface area contributed by atoms with E-state index in [9.17, 15) is 4.39 Å². The highest BCUT2D eigenvalue weighted by Gasteiger charge is 2.51. The van der Waals surface area contributed by atoms with Gasteiger partial charge in [0.1, 0.15) is 35.6 Å². The fourth-order valence-corrected chi connectivity index (χ4v) is 9.67. The average molecular weight is 623 g/mol. The SMILES string of the molecule is C[C@@H]1[C@H]2[C@@H]3CC[C@H](CN2c2nc(OC[C@@]45CCCN4C[C@H](F)C5)nc4c(F)c5nc(c24)[C@@H]1C#Cc1c(F)ccc2cccc-5c12)N3. The van der Waals surface area contributed by atoms with Gasteiger partial charge in [-0.3, -0.25) is 4.90 Å². The number of hydrogen-bond donors (Lipinski definition) is 1. The lowest BCUT2D eigenvalue weighted by Gasteiger charge is -2.44. The van der Waals surface area contributed by atoms with Crippen LogP contribution in [0.5, 0.6) is 6.01 Å². The van der Waals surface area contributed by atoms with Crippen molar-refractivity contribution in [3.63, 3.8) is 0 Å². The molecule has 10 heteroatoms. The highest BCUT2D eigenvalue weighted by atomic mass is 19.1. The Morgan fingerprint density at radius 3 is 2.91 bits per heavy atom. The molecule has 7 atom stereocenters. The zero-order chi connectivity index (χ0) is 30.9. The summed E-state index contributed by atoms with van der Waals surface area (Å²) in [7, 11) is 0. The minimum atomic E-state index is -0.888. The Bertz CT molecular complexity index is 2040. The lowest BCUT2D eigenvalue weighted by atomic mass is 9.81. The predicted molar refractivity (Wildman–Crippen MR) is 169 cm³/mol. The molecule has 0 radical (unpaired) electrons. The molecule has 8 heterocycles. The van der Waals surface area contributed by atoms with E-state index in [0.717, 1.165) is 37.6 Å². The number of rotatable bonds is 3. The fourth-order valence-electron chi connectivity index (χ4n) is 9.67. The van der Waals surface area contributed by atoms with Gasteiger partial charge in [-0.25, -0.2) is 18.2 Å². The van der Waals surface area contributed by atoms with E-state index < -0.39 is 29.3 Å². The van der Waals surface area contributed by atoms with Crippen molar-refractivity contribution in [2.24, 2.45) is 5.92 Å². The Hall–Kier alpha value is -3.94. The summed E-state index contributed by atoms with van der Waals surface area (Å²) in [6.45, 7) is 4.39. The minimum Gasteiger partial charge on any atom is -0.461 e. The summed E-state index contributed by atoms with van der Waals surface area (Å²) in [6.07, 6.45) is 3.43. The number of piperazine rings is 1. The summed E-state index contributed by atoms with van der Waals surface area (Å²) in [5, 5.41) is 5.66. The molecule has 0 saturated carbocycles. The van der Waals surface area contributed by atoms with Crippen LogP contribution >= 0.6 is 0 Å². The van der Waals surface area contributed by atoms with Crippen LogP contribution in [0.25, 0.3) is 32.9 Å². The van der Waals surface area contributed by atoms with Crippen molar-refractivity contribution < 1.29 is 17.9 Å². The van der Waals surface area contributed by atoms with Crippen LogP contribution in [0.2, 0.25) is 0 Å². The molecule has 4 saturated heterocycles. The number of pyridine rings is 1. The van der Waals surface area contributed by atoms with Gasteiger partial charge in [0.15, 0.2) is 5.82 Å². The molecule has 0 spiro atoms. The van der Waals surface area contributed by atoms with Gasteiger partial charge in [0, 0.05) is 48.6 Å². The summed E-state index contributed by atoms with van der Waals surface area (Å²) in [5.74, 6) is 5.80. The van der Waals surface area contributed by atoms with E-state index in [0.29, 0.717) is 47.4 Å². The van der Waals surface area contributed by atoms with E-state index in [1.807, 2.05) is 12.1 Å². The molecule has 10 rings (SSSR count). The third-order valence-corrected chi connectivity index (χ3v) is 11.7. The number of hydrogen-bond acceptors (Lipinski definition) is 7. The van der Waals surface area contributed by atoms with Crippen LogP contribution in [0.15, 0.2) is 30.3 Å². The van der Waals surface area contributed by atoms with Gasteiger partial charge < -0.3 is 15.0 Å². The Balaban J connectivity index is 1.23. The van der Waals surface area contributed by atoms with Crippen LogP contribution in [0, 0.1) is 29.4 Å². The molecule has 2 aromatic heterocycles. The maximum Gasteiger partial charge on any atom is 0.319 e. The van der Waals surface area contributed by atoms with Crippen molar-refractivity contribution in [1.82, 2.24) is 25.2 Å². The van der Waals surface area contributed by atoms with Crippen molar-refractivity contribution >= 4 is 27.5 Å². The molecule has 0 amide bonds. The normalized spacial score (nSPS) is 32.0. The summed E-state index contributed by atoms with van der Waals surface area (Å²) in [4.78, 5) is 19.4. The average Bonchev–Trinajstić information content (AvgIpc) is 3.71. The zero-order valence-electron chi connectivity index (χ0n) is 25.5. The molecular formula is C36H33F3N6O. The van der Waals surface area contributed by atoms with Gasteiger partial charge in [0.2, 0.25) is 0 Å². The number of aromatic nitrogens is 3. The second-order valence-corrected chi connectivity index (χ2v) is 14.2. The lowest BCUT2D eigenvalue weighted by molar-refractivity contribution is 0.107. The van der Waals surface area contributed by atoms with E-state index >= 15 is 8.78 Å². The number of nitrogens with zero attached hydrogens (tertiary/aromatic N) is 5. The number of anilines is 1. The second kappa shape index (κ2) is 9.55. The topological polar surface area (TPSA) is 66.4 Å². The standard InChI is InChI=1S/C36H33F3N6O/c1-18-22-8-9-23-25(38)10-6-19-4-2-5-24(27(19)23)31-29(39)32-28(30(22)41-31)34(45-16-21-7-11-26(40-21)33(18)45)43-35(42-32)46-17-36-12-3-13-44(36)15-20(37)14-36/h2,4-6,10,18,20-22,26,33,40H,3,7,11-17H2,1H3/t18-,20+,21+,22+,26-,33-,36-/m0/s1. The number of nitrogens with one attached hydrogen (secondary N) is 1. The fraction of sp³-hybridized carbons (Fsp3) is 0.472. The third-order valence-electron chi connectivity index (χ3n) is 11.7. The van der Waals surface area contributed by atoms with Crippen LogP contribution in [-0.2, 0) is 0 Å². The Kier molecular flexibility index (Phi) is 5.65. The van der Waals surface area contributed by atoms with Crippen molar-refractivity contribution in [1.29, 1.82) is 0 Å². The molecular weight excluding hydrogens is 589 g/mol. The highest BCUT2D eigenvalue weighted by Crippen LogP contribution is 2.49.